The largest absolute Gasteiger partial charge is 0.499 e. The SMILES string of the molecule is CCC(C)C1=C2[N+](=[N-])C1C(=O)C21CCCC1. The predicted molar refractivity (Wildman–Crippen MR) is 59.8 cm³/mol. The molecule has 3 heteroatoms. The van der Waals surface area contributed by atoms with Crippen LogP contribution in [0.3, 0.4) is 0 Å². The van der Waals surface area contributed by atoms with Crippen LogP contribution in [0.25, 0.3) is 5.53 Å². The number of Topliss-reactive ketones (excluding diaryl/α,β-unsaturated/α-hetero) is 1. The van der Waals surface area contributed by atoms with Gasteiger partial charge < -0.3 is 5.53 Å². The van der Waals surface area contributed by atoms with Gasteiger partial charge in [-0.25, -0.2) is 0 Å². The van der Waals surface area contributed by atoms with Crippen molar-refractivity contribution in [3.8, 4) is 0 Å². The second-order valence-electron chi connectivity index (χ2n) is 5.51. The van der Waals surface area contributed by atoms with Crippen molar-refractivity contribution in [2.75, 3.05) is 0 Å². The lowest BCUT2D eigenvalue weighted by atomic mass is 9.83. The van der Waals surface area contributed by atoms with Gasteiger partial charge in [0, 0.05) is 0 Å². The minimum atomic E-state index is -0.289. The third kappa shape index (κ3) is 0.886. The van der Waals surface area contributed by atoms with Gasteiger partial charge in [0.2, 0.25) is 11.8 Å². The van der Waals surface area contributed by atoms with E-state index in [1.807, 2.05) is 0 Å². The summed E-state index contributed by atoms with van der Waals surface area (Å²) in [6, 6.07) is -0.289. The van der Waals surface area contributed by atoms with Crippen LogP contribution in [0.5, 0.6) is 0 Å². The van der Waals surface area contributed by atoms with Gasteiger partial charge >= 0.3 is 0 Å². The fourth-order valence-corrected chi connectivity index (χ4v) is 3.77. The van der Waals surface area contributed by atoms with Gasteiger partial charge in [0.25, 0.3) is 0 Å². The summed E-state index contributed by atoms with van der Waals surface area (Å²) in [7, 11) is 0. The van der Waals surface area contributed by atoms with Crippen molar-refractivity contribution in [3.63, 3.8) is 0 Å². The molecule has 4 aliphatic rings. The molecule has 3 nitrogen and oxygen atoms in total. The second kappa shape index (κ2) is 3.02. The average molecular weight is 218 g/mol. The molecule has 2 atom stereocenters. The zero-order chi connectivity index (χ0) is 11.5. The number of carbonyl (C=O) groups is 1. The molecule has 0 aromatic carbocycles. The Balaban J connectivity index is 2.09. The molecule has 1 spiro atoms. The number of allylic oxidation sites excluding steroid dienone is 1. The fraction of sp³-hybridized carbons (Fsp3) is 0.769. The van der Waals surface area contributed by atoms with Gasteiger partial charge in [-0.2, -0.15) is 0 Å². The predicted octanol–water partition coefficient (Wildman–Crippen LogP) is 2.85. The van der Waals surface area contributed by atoms with E-state index in [0.717, 1.165) is 37.8 Å². The van der Waals surface area contributed by atoms with Crippen molar-refractivity contribution in [2.24, 2.45) is 11.3 Å². The molecule has 0 aromatic heterocycles. The van der Waals surface area contributed by atoms with Gasteiger partial charge in [0.05, 0.1) is 5.57 Å². The second-order valence-corrected chi connectivity index (χ2v) is 5.51. The van der Waals surface area contributed by atoms with Crippen LogP contribution in [-0.4, -0.2) is 16.5 Å². The summed E-state index contributed by atoms with van der Waals surface area (Å²) in [5, 5.41) is 0. The van der Waals surface area contributed by atoms with Crippen molar-refractivity contribution in [1.82, 2.24) is 0 Å². The van der Waals surface area contributed by atoms with Crippen LogP contribution >= 0.6 is 0 Å². The minimum absolute atomic E-state index is 0.276. The zero-order valence-electron chi connectivity index (χ0n) is 9.99. The third-order valence-corrected chi connectivity index (χ3v) is 4.82. The summed E-state index contributed by atoms with van der Waals surface area (Å²) >= 11 is 0. The molecule has 0 radical (unpaired) electrons. The average Bonchev–Trinajstić information content (AvgIpc) is 2.89. The van der Waals surface area contributed by atoms with Gasteiger partial charge in [-0.3, -0.25) is 9.49 Å². The summed E-state index contributed by atoms with van der Waals surface area (Å²) in [6.07, 6.45) is 5.21. The summed E-state index contributed by atoms with van der Waals surface area (Å²) in [5.74, 6) is 0.713. The maximum Gasteiger partial charge on any atom is 0.234 e. The van der Waals surface area contributed by atoms with Crippen LogP contribution in [-0.2, 0) is 4.79 Å². The maximum absolute atomic E-state index is 12.4. The Morgan fingerprint density at radius 2 is 2.12 bits per heavy atom. The molecule has 1 saturated carbocycles. The molecule has 2 heterocycles. The number of nitrogens with zero attached hydrogens (tertiary/aromatic N) is 2. The molecule has 16 heavy (non-hydrogen) atoms. The topological polar surface area (TPSA) is 42.4 Å². The summed E-state index contributed by atoms with van der Waals surface area (Å²) in [5.41, 5.74) is 11.8. The number of carbonyl (C=O) groups excluding carboxylic acids is 1. The lowest BCUT2D eigenvalue weighted by Gasteiger charge is -2.28. The van der Waals surface area contributed by atoms with Gasteiger partial charge in [0.15, 0.2) is 5.70 Å². The smallest absolute Gasteiger partial charge is 0.234 e. The molecular weight excluding hydrogens is 200 g/mol. The van der Waals surface area contributed by atoms with Crippen LogP contribution in [0.2, 0.25) is 0 Å². The van der Waals surface area contributed by atoms with E-state index in [9.17, 15) is 10.3 Å². The Bertz CT molecular complexity index is 416. The highest BCUT2D eigenvalue weighted by molar-refractivity contribution is 6.00. The van der Waals surface area contributed by atoms with Crippen LogP contribution in [0.4, 0.5) is 0 Å². The molecule has 2 aliphatic heterocycles. The lowest BCUT2D eigenvalue weighted by Crippen LogP contribution is -2.35. The third-order valence-electron chi connectivity index (χ3n) is 4.82. The molecule has 2 fully saturated rings. The molecular formula is C13H18N2O. The van der Waals surface area contributed by atoms with E-state index in [2.05, 4.69) is 13.8 Å². The number of hydrogen-bond acceptors (Lipinski definition) is 1. The van der Waals surface area contributed by atoms with Crippen molar-refractivity contribution in [3.05, 3.63) is 16.8 Å². The van der Waals surface area contributed by atoms with E-state index in [-0.39, 0.29) is 17.2 Å². The van der Waals surface area contributed by atoms with E-state index >= 15 is 0 Å². The first kappa shape index (κ1) is 10.2. The minimum Gasteiger partial charge on any atom is -0.499 e. The molecule has 0 aromatic rings. The van der Waals surface area contributed by atoms with Gasteiger partial charge in [0.1, 0.15) is 5.41 Å². The van der Waals surface area contributed by atoms with E-state index in [0.29, 0.717) is 5.92 Å². The molecule has 0 amide bonds. The molecule has 2 unspecified atom stereocenters. The van der Waals surface area contributed by atoms with Crippen LogP contribution < -0.4 is 0 Å². The Morgan fingerprint density at radius 1 is 1.50 bits per heavy atom. The monoisotopic (exact) mass is 218 g/mol. The standard InChI is InChI=1S/C13H18N2O/c1-3-8(2)9-10-12(16)13(6-4-5-7-13)11(9)15(10)14/h8,10H,3-7H2,1-2H3. The van der Waals surface area contributed by atoms with E-state index in [1.165, 1.54) is 10.3 Å². The molecule has 0 N–H and O–H groups in total. The fourth-order valence-electron chi connectivity index (χ4n) is 3.77. The van der Waals surface area contributed by atoms with Crippen molar-refractivity contribution in [2.45, 2.75) is 52.0 Å². The van der Waals surface area contributed by atoms with Crippen molar-refractivity contribution in [1.29, 1.82) is 0 Å². The molecule has 4 rings (SSSR count). The van der Waals surface area contributed by atoms with Gasteiger partial charge in [-0.15, -0.1) is 0 Å². The van der Waals surface area contributed by atoms with Crippen molar-refractivity contribution < 1.29 is 9.49 Å². The summed E-state index contributed by atoms with van der Waals surface area (Å²) in [4.78, 5) is 12.4. The highest BCUT2D eigenvalue weighted by Gasteiger charge is 2.70. The Morgan fingerprint density at radius 3 is 2.69 bits per heavy atom. The first-order valence-corrected chi connectivity index (χ1v) is 6.40. The number of ketones is 1. The Hall–Kier alpha value is -0.990. The van der Waals surface area contributed by atoms with Crippen molar-refractivity contribution >= 4 is 5.78 Å². The summed E-state index contributed by atoms with van der Waals surface area (Å²) < 4.78 is 1.26. The van der Waals surface area contributed by atoms with Crippen LogP contribution in [0.15, 0.2) is 11.3 Å². The first-order chi connectivity index (χ1) is 7.63. The van der Waals surface area contributed by atoms with Crippen LogP contribution in [0.1, 0.15) is 46.0 Å². The first-order valence-electron chi connectivity index (χ1n) is 6.40. The normalized spacial score (nSPS) is 32.5. The molecule has 2 bridgehead atoms. The summed E-state index contributed by atoms with van der Waals surface area (Å²) in [6.45, 7) is 4.31. The van der Waals surface area contributed by atoms with Gasteiger partial charge in [-0.05, 0) is 25.2 Å². The van der Waals surface area contributed by atoms with Gasteiger partial charge in [-0.1, -0.05) is 26.7 Å². The highest BCUT2D eigenvalue weighted by Crippen LogP contribution is 2.60. The molecule has 1 saturated heterocycles. The zero-order valence-corrected chi connectivity index (χ0v) is 9.99. The molecule has 86 valence electrons. The lowest BCUT2D eigenvalue weighted by molar-refractivity contribution is -0.541. The highest BCUT2D eigenvalue weighted by atomic mass is 16.1. The number of hydrogen-bond donors (Lipinski definition) is 0. The quantitative estimate of drug-likeness (QED) is 0.657. The number of rotatable bonds is 2. The maximum atomic E-state index is 12.4. The Labute approximate surface area is 96.0 Å². The molecule has 2 aliphatic carbocycles. The van der Waals surface area contributed by atoms with E-state index in [4.69, 9.17) is 0 Å². The van der Waals surface area contributed by atoms with E-state index < -0.39 is 0 Å². The van der Waals surface area contributed by atoms with Crippen LogP contribution in [0, 0.1) is 11.3 Å². The van der Waals surface area contributed by atoms with E-state index in [1.54, 1.807) is 0 Å². The Kier molecular flexibility index (Phi) is 1.92.